The molecule has 44 heavy (non-hydrogen) atoms. The van der Waals surface area contributed by atoms with Crippen LogP contribution in [0, 0.1) is 0 Å². The number of carbonyl (C=O) groups is 2. The number of imidazole rings is 1. The van der Waals surface area contributed by atoms with Gasteiger partial charge in [0.2, 0.25) is 11.8 Å². The number of para-hydroxylation sites is 1. The van der Waals surface area contributed by atoms with Crippen molar-refractivity contribution < 1.29 is 9.59 Å². The van der Waals surface area contributed by atoms with E-state index in [4.69, 9.17) is 4.98 Å². The monoisotopic (exact) mass is 590 g/mol. The minimum Gasteiger partial charge on any atom is -0.360 e. The lowest BCUT2D eigenvalue weighted by Crippen LogP contribution is -2.55. The Hall–Kier alpha value is -4.43. The molecule has 2 aliphatic rings. The Morgan fingerprint density at radius 2 is 1.75 bits per heavy atom. The van der Waals surface area contributed by atoms with E-state index in [1.54, 1.807) is 7.05 Å². The van der Waals surface area contributed by atoms with Crippen molar-refractivity contribution in [1.29, 1.82) is 0 Å². The van der Waals surface area contributed by atoms with Crippen LogP contribution in [0.3, 0.4) is 0 Å². The number of aryl methyl sites for hydroxylation is 1. The van der Waals surface area contributed by atoms with Gasteiger partial charge in [0.15, 0.2) is 0 Å². The van der Waals surface area contributed by atoms with E-state index in [2.05, 4.69) is 69.6 Å². The maximum absolute atomic E-state index is 13.5. The Bertz CT molecular complexity index is 1620. The molecule has 0 spiro atoms. The smallest absolute Gasteiger partial charge is 0.237 e. The second kappa shape index (κ2) is 13.1. The van der Waals surface area contributed by atoms with Crippen molar-refractivity contribution in [3.8, 4) is 11.1 Å². The largest absolute Gasteiger partial charge is 0.360 e. The van der Waals surface area contributed by atoms with Crippen LogP contribution in [0.25, 0.3) is 22.2 Å². The molecule has 3 heterocycles. The number of rotatable bonds is 8. The van der Waals surface area contributed by atoms with Crippen LogP contribution in [0.5, 0.6) is 0 Å². The number of nitrogens with zero attached hydrogens (tertiary/aromatic N) is 3. The molecular weight excluding hydrogens is 548 g/mol. The molecule has 0 radical (unpaired) electrons. The van der Waals surface area contributed by atoms with Crippen molar-refractivity contribution in [2.45, 2.75) is 63.2 Å². The Balaban J connectivity index is 1.27. The molecule has 3 aromatic carbocycles. The van der Waals surface area contributed by atoms with Crippen LogP contribution in [0.1, 0.15) is 50.0 Å². The van der Waals surface area contributed by atoms with Crippen molar-refractivity contribution in [2.75, 3.05) is 20.1 Å². The summed E-state index contributed by atoms with van der Waals surface area (Å²) < 4.78 is 0. The first-order valence-corrected chi connectivity index (χ1v) is 15.7. The van der Waals surface area contributed by atoms with Crippen molar-refractivity contribution in [2.24, 2.45) is 0 Å². The van der Waals surface area contributed by atoms with Gasteiger partial charge in [-0.2, -0.15) is 0 Å². The number of carbonyl (C=O) groups excluding carboxylic acids is 2. The highest BCUT2D eigenvalue weighted by Crippen LogP contribution is 2.42. The molecule has 0 bridgehead atoms. The SMILES string of the molecule is C=C1[C@@H](NC(=O)[C@H](C)NC)CN(C(=O)CCc2ccccc2)CC[C@H]2CC[C@@H](c3nc4c(-c5ccccc5)cccc4[nH]3)N12. The maximum Gasteiger partial charge on any atom is 0.237 e. The average molecular weight is 591 g/mol. The van der Waals surface area contributed by atoms with E-state index in [9.17, 15) is 9.59 Å². The molecule has 8 nitrogen and oxygen atoms in total. The lowest BCUT2D eigenvalue weighted by Gasteiger charge is -2.42. The first-order valence-electron chi connectivity index (χ1n) is 15.7. The summed E-state index contributed by atoms with van der Waals surface area (Å²) in [4.78, 5) is 39.8. The lowest BCUT2D eigenvalue weighted by atomic mass is 10.0. The minimum absolute atomic E-state index is 0.00461. The summed E-state index contributed by atoms with van der Waals surface area (Å²) in [6.07, 6.45) is 3.85. The fourth-order valence-corrected chi connectivity index (χ4v) is 6.67. The zero-order chi connectivity index (χ0) is 30.6. The van der Waals surface area contributed by atoms with Crippen LogP contribution in [-0.2, 0) is 16.0 Å². The number of hydrogen-bond donors (Lipinski definition) is 3. The van der Waals surface area contributed by atoms with Gasteiger partial charge in [-0.1, -0.05) is 79.4 Å². The highest BCUT2D eigenvalue weighted by Gasteiger charge is 2.41. The van der Waals surface area contributed by atoms with Gasteiger partial charge >= 0.3 is 0 Å². The number of nitrogens with one attached hydrogen (secondary N) is 3. The van der Waals surface area contributed by atoms with Crippen LogP contribution in [0.4, 0.5) is 0 Å². The predicted molar refractivity (Wildman–Crippen MR) is 175 cm³/mol. The van der Waals surface area contributed by atoms with E-state index >= 15 is 0 Å². The first kappa shape index (κ1) is 29.6. The number of aromatic amines is 1. The van der Waals surface area contributed by atoms with E-state index in [0.29, 0.717) is 25.9 Å². The number of hydrogen-bond acceptors (Lipinski definition) is 5. The zero-order valence-electron chi connectivity index (χ0n) is 25.6. The van der Waals surface area contributed by atoms with E-state index < -0.39 is 6.04 Å². The van der Waals surface area contributed by atoms with Gasteiger partial charge in [-0.3, -0.25) is 9.59 Å². The zero-order valence-corrected chi connectivity index (χ0v) is 25.6. The number of amides is 2. The van der Waals surface area contributed by atoms with Gasteiger partial charge in [0, 0.05) is 36.8 Å². The molecule has 2 aliphatic heterocycles. The second-order valence-electron chi connectivity index (χ2n) is 12.0. The molecule has 2 fully saturated rings. The highest BCUT2D eigenvalue weighted by atomic mass is 16.2. The molecule has 6 rings (SSSR count). The molecule has 228 valence electrons. The average Bonchev–Trinajstić information content (AvgIpc) is 3.68. The van der Waals surface area contributed by atoms with Crippen molar-refractivity contribution in [1.82, 2.24) is 30.4 Å². The van der Waals surface area contributed by atoms with Crippen LogP contribution < -0.4 is 10.6 Å². The fourth-order valence-electron chi connectivity index (χ4n) is 6.67. The summed E-state index contributed by atoms with van der Waals surface area (Å²) in [5.41, 5.74) is 6.18. The molecule has 0 aliphatic carbocycles. The molecule has 2 saturated heterocycles. The predicted octanol–water partition coefficient (Wildman–Crippen LogP) is 5.21. The van der Waals surface area contributed by atoms with Gasteiger partial charge in [0.05, 0.1) is 29.2 Å². The second-order valence-corrected chi connectivity index (χ2v) is 12.0. The van der Waals surface area contributed by atoms with E-state index in [1.165, 1.54) is 0 Å². The minimum atomic E-state index is -0.411. The summed E-state index contributed by atoms with van der Waals surface area (Å²) in [7, 11) is 1.77. The molecule has 4 aromatic rings. The van der Waals surface area contributed by atoms with Crippen LogP contribution in [0.2, 0.25) is 0 Å². The third-order valence-corrected chi connectivity index (χ3v) is 9.27. The molecule has 3 N–H and O–H groups in total. The molecule has 0 unspecified atom stereocenters. The quantitative estimate of drug-likeness (QED) is 0.262. The Morgan fingerprint density at radius 3 is 2.50 bits per heavy atom. The Morgan fingerprint density at radius 1 is 1.00 bits per heavy atom. The van der Waals surface area contributed by atoms with Crippen LogP contribution >= 0.6 is 0 Å². The topological polar surface area (TPSA) is 93.4 Å². The summed E-state index contributed by atoms with van der Waals surface area (Å²) in [5.74, 6) is 0.910. The van der Waals surface area contributed by atoms with Gasteiger partial charge in [-0.15, -0.1) is 0 Å². The van der Waals surface area contributed by atoms with Gasteiger partial charge < -0.3 is 25.4 Å². The normalized spacial score (nSPS) is 21.0. The van der Waals surface area contributed by atoms with E-state index in [1.807, 2.05) is 48.2 Å². The third-order valence-electron chi connectivity index (χ3n) is 9.27. The van der Waals surface area contributed by atoms with Gasteiger partial charge in [-0.05, 0) is 56.8 Å². The van der Waals surface area contributed by atoms with Crippen LogP contribution in [0.15, 0.2) is 91.1 Å². The van der Waals surface area contributed by atoms with Gasteiger partial charge in [0.1, 0.15) is 5.82 Å². The van der Waals surface area contributed by atoms with Gasteiger partial charge in [0.25, 0.3) is 0 Å². The standard InChI is InChI=1S/C36H42N6O2/c1-24(37-3)36(44)39-31-23-41(33(43)20-17-26-11-6-4-7-12-26)22-21-28-18-19-32(42(28)25(31)2)35-38-30-16-10-15-29(34(30)40-35)27-13-8-5-9-14-27/h4-16,24,28,31-32,37H,2,17-23H2,1,3H3,(H,38,40)(H,39,44)/t24-,28+,31-,32-/m0/s1. The molecule has 0 saturated carbocycles. The lowest BCUT2D eigenvalue weighted by molar-refractivity contribution is -0.133. The molecule has 8 heteroatoms. The van der Waals surface area contributed by atoms with E-state index in [-0.39, 0.29) is 29.9 Å². The maximum atomic E-state index is 13.5. The number of H-pyrrole nitrogens is 1. The molecule has 1 aromatic heterocycles. The van der Waals surface area contributed by atoms with Gasteiger partial charge in [-0.25, -0.2) is 4.98 Å². The number of likely N-dealkylation sites (N-methyl/N-ethyl adjacent to an activating group) is 1. The van der Waals surface area contributed by atoms with Crippen molar-refractivity contribution in [3.63, 3.8) is 0 Å². The molecule has 2 amide bonds. The third kappa shape index (κ3) is 6.13. The van der Waals surface area contributed by atoms with E-state index in [0.717, 1.165) is 58.5 Å². The first-order chi connectivity index (χ1) is 21.4. The molecule has 4 atom stereocenters. The summed E-state index contributed by atoms with van der Waals surface area (Å²) in [5, 5.41) is 6.25. The summed E-state index contributed by atoms with van der Waals surface area (Å²) >= 11 is 0. The number of fused-ring (bicyclic) bond motifs is 2. The molecular formula is C36H42N6O2. The van der Waals surface area contributed by atoms with Crippen molar-refractivity contribution >= 4 is 22.8 Å². The van der Waals surface area contributed by atoms with Crippen LogP contribution in [-0.4, -0.2) is 69.8 Å². The number of aromatic nitrogens is 2. The Kier molecular flexibility index (Phi) is 8.79. The highest BCUT2D eigenvalue weighted by molar-refractivity contribution is 5.92. The van der Waals surface area contributed by atoms with Crippen molar-refractivity contribution in [3.05, 3.63) is 103 Å². The number of benzene rings is 3. The summed E-state index contributed by atoms with van der Waals surface area (Å²) in [6, 6.07) is 26.1. The Labute approximate surface area is 259 Å². The fraction of sp³-hybridized carbons (Fsp3) is 0.361. The summed E-state index contributed by atoms with van der Waals surface area (Å²) in [6.45, 7) is 7.44.